The molecule has 0 aromatic heterocycles. The topological polar surface area (TPSA) is 72.9 Å². The molecule has 0 saturated carbocycles. The van der Waals surface area contributed by atoms with Crippen molar-refractivity contribution in [3.05, 3.63) is 59.2 Å². The molecule has 6 nitrogen and oxygen atoms in total. The van der Waals surface area contributed by atoms with E-state index in [2.05, 4.69) is 20.8 Å². The number of fused-ring (bicyclic) bond motifs is 1. The Balaban J connectivity index is 1.55. The molecular formula is C23H25NO5. The molecule has 0 radical (unpaired) electrons. The molecule has 0 aliphatic carbocycles. The van der Waals surface area contributed by atoms with Gasteiger partial charge in [0.15, 0.2) is 19.0 Å². The van der Waals surface area contributed by atoms with Gasteiger partial charge in [0.2, 0.25) is 5.91 Å². The second-order valence-corrected chi connectivity index (χ2v) is 8.09. The smallest absolute Gasteiger partial charge is 0.344 e. The predicted octanol–water partition coefficient (Wildman–Crippen LogP) is 3.31. The Hall–Kier alpha value is -3.15. The summed E-state index contributed by atoms with van der Waals surface area (Å²) in [5, 5.41) is 0. The number of ether oxygens (including phenoxy) is 2. The van der Waals surface area contributed by atoms with Crippen molar-refractivity contribution in [2.24, 2.45) is 0 Å². The molecule has 3 rings (SSSR count). The average Bonchev–Trinajstić information content (AvgIpc) is 2.97. The summed E-state index contributed by atoms with van der Waals surface area (Å²) in [6.45, 7) is 5.55. The Labute approximate surface area is 170 Å². The highest BCUT2D eigenvalue weighted by molar-refractivity contribution is 6.03. The minimum Gasteiger partial charge on any atom is -0.482 e. The first-order valence-electron chi connectivity index (χ1n) is 9.47. The lowest BCUT2D eigenvalue weighted by Crippen LogP contribution is -2.21. The number of Topliss-reactive ketones (excluding diaryl/α,β-unsaturated/α-hetero) is 1. The summed E-state index contributed by atoms with van der Waals surface area (Å²) in [5.41, 5.74) is 2.88. The molecule has 1 aliphatic rings. The summed E-state index contributed by atoms with van der Waals surface area (Å²) >= 11 is 0. The number of hydrogen-bond acceptors (Lipinski definition) is 5. The molecule has 0 N–H and O–H groups in total. The van der Waals surface area contributed by atoms with Crippen molar-refractivity contribution < 1.29 is 23.9 Å². The number of amides is 1. The number of para-hydroxylation sites is 1. The number of esters is 1. The first kappa shape index (κ1) is 20.6. The van der Waals surface area contributed by atoms with Crippen LogP contribution in [0.1, 0.15) is 42.3 Å². The minimum atomic E-state index is -0.613. The fraction of sp³-hybridized carbons (Fsp3) is 0.348. The van der Waals surface area contributed by atoms with Crippen LogP contribution in [0.5, 0.6) is 5.75 Å². The fourth-order valence-corrected chi connectivity index (χ4v) is 3.26. The van der Waals surface area contributed by atoms with Gasteiger partial charge in [-0.2, -0.15) is 0 Å². The van der Waals surface area contributed by atoms with Gasteiger partial charge in [-0.1, -0.05) is 39.0 Å². The summed E-state index contributed by atoms with van der Waals surface area (Å²) in [4.78, 5) is 37.7. The Morgan fingerprint density at radius 3 is 2.52 bits per heavy atom. The molecule has 29 heavy (non-hydrogen) atoms. The van der Waals surface area contributed by atoms with Crippen LogP contribution in [0.15, 0.2) is 42.5 Å². The van der Waals surface area contributed by atoms with Crippen LogP contribution in [0.3, 0.4) is 0 Å². The largest absolute Gasteiger partial charge is 0.482 e. The number of likely N-dealkylation sites (N-methyl/N-ethyl adjacent to an activating group) is 1. The summed E-state index contributed by atoms with van der Waals surface area (Å²) in [6.07, 6.45) is 0.272. The van der Waals surface area contributed by atoms with E-state index in [1.807, 2.05) is 24.3 Å². The number of rotatable bonds is 6. The van der Waals surface area contributed by atoms with Crippen molar-refractivity contribution in [2.45, 2.75) is 32.6 Å². The maximum Gasteiger partial charge on any atom is 0.344 e. The summed E-state index contributed by atoms with van der Waals surface area (Å²) in [6, 6.07) is 12.6. The number of carbonyl (C=O) groups excluding carboxylic acids is 3. The van der Waals surface area contributed by atoms with Crippen LogP contribution >= 0.6 is 0 Å². The van der Waals surface area contributed by atoms with Gasteiger partial charge in [-0.3, -0.25) is 9.59 Å². The van der Waals surface area contributed by atoms with Gasteiger partial charge >= 0.3 is 5.97 Å². The molecule has 0 atom stereocenters. The van der Waals surface area contributed by atoms with Crippen molar-refractivity contribution in [1.29, 1.82) is 0 Å². The standard InChI is InChI=1S/C23H25NO5/c1-23(2,3)17-7-5-6-8-20(17)28-14-22(27)29-13-19(25)15-9-10-18-16(11-15)12-21(26)24(18)4/h5-11H,12-14H2,1-4H3. The molecule has 1 heterocycles. The van der Waals surface area contributed by atoms with E-state index >= 15 is 0 Å². The monoisotopic (exact) mass is 395 g/mol. The molecule has 1 amide bonds. The highest BCUT2D eigenvalue weighted by atomic mass is 16.6. The Kier molecular flexibility index (Phi) is 5.73. The zero-order valence-corrected chi connectivity index (χ0v) is 17.2. The molecule has 0 spiro atoms. The van der Waals surface area contributed by atoms with E-state index in [0.717, 1.165) is 16.8 Å². The number of nitrogens with zero attached hydrogens (tertiary/aromatic N) is 1. The molecule has 0 unspecified atom stereocenters. The van der Waals surface area contributed by atoms with Crippen LogP contribution in [0, 0.1) is 0 Å². The van der Waals surface area contributed by atoms with Crippen molar-refractivity contribution in [3.63, 3.8) is 0 Å². The Morgan fingerprint density at radius 1 is 1.07 bits per heavy atom. The zero-order valence-electron chi connectivity index (χ0n) is 17.2. The van der Waals surface area contributed by atoms with Gasteiger partial charge in [0.05, 0.1) is 6.42 Å². The second-order valence-electron chi connectivity index (χ2n) is 8.09. The van der Waals surface area contributed by atoms with Crippen molar-refractivity contribution in [3.8, 4) is 5.75 Å². The van der Waals surface area contributed by atoms with E-state index in [0.29, 0.717) is 11.3 Å². The van der Waals surface area contributed by atoms with Gasteiger partial charge in [-0.05, 0) is 40.8 Å². The number of ketones is 1. The predicted molar refractivity (Wildman–Crippen MR) is 109 cm³/mol. The van der Waals surface area contributed by atoms with Gasteiger partial charge in [0.25, 0.3) is 0 Å². The summed E-state index contributed by atoms with van der Waals surface area (Å²) in [5.74, 6) is -0.323. The molecule has 0 fully saturated rings. The fourth-order valence-electron chi connectivity index (χ4n) is 3.26. The number of hydrogen-bond donors (Lipinski definition) is 0. The lowest BCUT2D eigenvalue weighted by atomic mass is 9.86. The van der Waals surface area contributed by atoms with Gasteiger partial charge < -0.3 is 14.4 Å². The van der Waals surface area contributed by atoms with E-state index in [-0.39, 0.29) is 36.7 Å². The third-order valence-corrected chi connectivity index (χ3v) is 4.88. The number of benzene rings is 2. The normalized spacial score (nSPS) is 13.2. The van der Waals surface area contributed by atoms with Gasteiger partial charge in [-0.25, -0.2) is 4.79 Å². The molecule has 2 aromatic rings. The van der Waals surface area contributed by atoms with Crippen LogP contribution in [0.2, 0.25) is 0 Å². The van der Waals surface area contributed by atoms with Crippen LogP contribution in [-0.4, -0.2) is 37.9 Å². The van der Waals surface area contributed by atoms with Gasteiger partial charge in [-0.15, -0.1) is 0 Å². The molecule has 6 heteroatoms. The highest BCUT2D eigenvalue weighted by Crippen LogP contribution is 2.31. The number of carbonyl (C=O) groups is 3. The lowest BCUT2D eigenvalue weighted by Gasteiger charge is -2.22. The van der Waals surface area contributed by atoms with E-state index in [1.165, 1.54) is 0 Å². The van der Waals surface area contributed by atoms with E-state index in [9.17, 15) is 14.4 Å². The SMILES string of the molecule is CN1C(=O)Cc2cc(C(=O)COC(=O)COc3ccccc3C(C)(C)C)ccc21. The molecule has 1 aliphatic heterocycles. The van der Waals surface area contributed by atoms with Crippen LogP contribution in [0.25, 0.3) is 0 Å². The molecule has 2 aromatic carbocycles. The molecular weight excluding hydrogens is 370 g/mol. The highest BCUT2D eigenvalue weighted by Gasteiger charge is 2.25. The summed E-state index contributed by atoms with van der Waals surface area (Å²) < 4.78 is 10.7. The van der Waals surface area contributed by atoms with Crippen molar-refractivity contribution in [1.82, 2.24) is 0 Å². The third-order valence-electron chi connectivity index (χ3n) is 4.88. The van der Waals surface area contributed by atoms with Crippen LogP contribution in [-0.2, 0) is 26.2 Å². The van der Waals surface area contributed by atoms with Gasteiger partial charge in [0, 0.05) is 18.3 Å². The maximum atomic E-state index is 12.4. The quantitative estimate of drug-likeness (QED) is 0.554. The van der Waals surface area contributed by atoms with Gasteiger partial charge in [0.1, 0.15) is 5.75 Å². The molecule has 0 bridgehead atoms. The summed E-state index contributed by atoms with van der Waals surface area (Å²) in [7, 11) is 1.70. The van der Waals surface area contributed by atoms with E-state index < -0.39 is 5.97 Å². The third kappa shape index (κ3) is 4.65. The van der Waals surface area contributed by atoms with Crippen LogP contribution in [0.4, 0.5) is 5.69 Å². The van der Waals surface area contributed by atoms with E-state index in [1.54, 1.807) is 30.1 Å². The first-order valence-corrected chi connectivity index (χ1v) is 9.47. The zero-order chi connectivity index (χ0) is 21.2. The maximum absolute atomic E-state index is 12.4. The molecule has 152 valence electrons. The van der Waals surface area contributed by atoms with Crippen LogP contribution < -0.4 is 9.64 Å². The molecule has 0 saturated heterocycles. The second kappa shape index (κ2) is 8.07. The average molecular weight is 395 g/mol. The minimum absolute atomic E-state index is 0.0105. The first-order chi connectivity index (χ1) is 13.7. The Bertz CT molecular complexity index is 958. The lowest BCUT2D eigenvalue weighted by molar-refractivity contribution is -0.144. The Morgan fingerprint density at radius 2 is 1.79 bits per heavy atom. The number of anilines is 1. The van der Waals surface area contributed by atoms with Crippen molar-refractivity contribution >= 4 is 23.3 Å². The van der Waals surface area contributed by atoms with Crippen molar-refractivity contribution in [2.75, 3.05) is 25.2 Å². The van der Waals surface area contributed by atoms with E-state index in [4.69, 9.17) is 9.47 Å².